The Morgan fingerprint density at radius 2 is 1.91 bits per heavy atom. The summed E-state index contributed by atoms with van der Waals surface area (Å²) >= 11 is 0. The molecule has 7 heteroatoms. The summed E-state index contributed by atoms with van der Waals surface area (Å²) in [5, 5.41) is 0. The zero-order valence-corrected chi connectivity index (χ0v) is 18.9. The summed E-state index contributed by atoms with van der Waals surface area (Å²) in [7, 11) is 0. The van der Waals surface area contributed by atoms with Gasteiger partial charge in [0.25, 0.3) is 5.56 Å². The molecule has 0 N–H and O–H groups in total. The first-order valence-corrected chi connectivity index (χ1v) is 11.7. The van der Waals surface area contributed by atoms with Gasteiger partial charge < -0.3 is 4.90 Å². The van der Waals surface area contributed by atoms with Crippen molar-refractivity contribution >= 4 is 11.5 Å². The molecule has 0 amide bonds. The monoisotopic (exact) mass is 432 g/mol. The SMILES string of the molecule is Cc1cccn2c(=O)cc(CN3CCCC(CN4CCN(c5ccccn5)CC4)C3)nc12. The van der Waals surface area contributed by atoms with E-state index in [1.165, 1.54) is 12.8 Å². The van der Waals surface area contributed by atoms with Gasteiger partial charge in [-0.2, -0.15) is 0 Å². The molecule has 0 bridgehead atoms. The molecule has 0 aliphatic carbocycles. The fourth-order valence-corrected chi connectivity index (χ4v) is 5.13. The molecule has 3 aromatic rings. The third-order valence-corrected chi connectivity index (χ3v) is 6.79. The van der Waals surface area contributed by atoms with Gasteiger partial charge >= 0.3 is 0 Å². The number of hydrogen-bond donors (Lipinski definition) is 0. The molecule has 2 aliphatic rings. The number of piperazine rings is 1. The summed E-state index contributed by atoms with van der Waals surface area (Å²) in [5.74, 6) is 1.76. The Labute approximate surface area is 189 Å². The van der Waals surface area contributed by atoms with E-state index in [0.29, 0.717) is 5.92 Å². The van der Waals surface area contributed by atoms with Crippen LogP contribution in [0.2, 0.25) is 0 Å². The number of pyridine rings is 2. The van der Waals surface area contributed by atoms with E-state index in [4.69, 9.17) is 4.98 Å². The molecule has 2 fully saturated rings. The summed E-state index contributed by atoms with van der Waals surface area (Å²) < 4.78 is 1.64. The van der Waals surface area contributed by atoms with Gasteiger partial charge in [0.1, 0.15) is 11.5 Å². The van der Waals surface area contributed by atoms with Crippen LogP contribution in [0.5, 0.6) is 0 Å². The van der Waals surface area contributed by atoms with Crippen molar-refractivity contribution in [2.75, 3.05) is 50.7 Å². The average Bonchev–Trinajstić information content (AvgIpc) is 2.81. The maximum atomic E-state index is 12.5. The number of nitrogens with zero attached hydrogens (tertiary/aromatic N) is 6. The maximum absolute atomic E-state index is 12.5. The molecule has 5 heterocycles. The van der Waals surface area contributed by atoms with Crippen molar-refractivity contribution in [2.45, 2.75) is 26.3 Å². The fourth-order valence-electron chi connectivity index (χ4n) is 5.13. The van der Waals surface area contributed by atoms with Crippen molar-refractivity contribution in [2.24, 2.45) is 5.92 Å². The van der Waals surface area contributed by atoms with E-state index in [-0.39, 0.29) is 5.56 Å². The number of rotatable bonds is 5. The van der Waals surface area contributed by atoms with Crippen molar-refractivity contribution < 1.29 is 0 Å². The van der Waals surface area contributed by atoms with Crippen LogP contribution in [0.25, 0.3) is 5.65 Å². The number of piperidine rings is 1. The van der Waals surface area contributed by atoms with Gasteiger partial charge in [-0.05, 0) is 56.0 Å². The molecular formula is C25H32N6O. The Morgan fingerprint density at radius 1 is 1.03 bits per heavy atom. The van der Waals surface area contributed by atoms with Crippen LogP contribution in [0, 0.1) is 12.8 Å². The first kappa shape index (κ1) is 21.1. The molecule has 3 aromatic heterocycles. The summed E-state index contributed by atoms with van der Waals surface area (Å²) in [6, 6.07) is 11.7. The maximum Gasteiger partial charge on any atom is 0.258 e. The van der Waals surface area contributed by atoms with E-state index in [1.807, 2.05) is 31.3 Å². The van der Waals surface area contributed by atoms with Gasteiger partial charge in [-0.25, -0.2) is 9.97 Å². The molecular weight excluding hydrogens is 400 g/mol. The lowest BCUT2D eigenvalue weighted by atomic mass is 9.97. The van der Waals surface area contributed by atoms with Crippen LogP contribution in [0.1, 0.15) is 24.1 Å². The van der Waals surface area contributed by atoms with E-state index in [1.54, 1.807) is 16.7 Å². The number of hydrogen-bond acceptors (Lipinski definition) is 6. The van der Waals surface area contributed by atoms with Crippen LogP contribution < -0.4 is 10.5 Å². The predicted octanol–water partition coefficient (Wildman–Crippen LogP) is 2.43. The highest BCUT2D eigenvalue weighted by molar-refractivity contribution is 5.46. The lowest BCUT2D eigenvalue weighted by Gasteiger charge is -2.39. The standard InChI is InChI=1S/C25H32N6O/c1-20-6-4-11-31-24(32)16-22(27-25(20)31)19-29-10-5-7-21(18-29)17-28-12-14-30(15-13-28)23-8-2-3-9-26-23/h2-4,6,8-9,11,16,21H,5,7,10,12-15,17-19H2,1H3. The highest BCUT2D eigenvalue weighted by Crippen LogP contribution is 2.21. The minimum atomic E-state index is 0.00744. The van der Waals surface area contributed by atoms with Crippen molar-refractivity contribution in [1.29, 1.82) is 0 Å². The van der Waals surface area contributed by atoms with Crippen molar-refractivity contribution in [3.63, 3.8) is 0 Å². The van der Waals surface area contributed by atoms with Crippen LogP contribution in [-0.4, -0.2) is 70.0 Å². The van der Waals surface area contributed by atoms with Crippen LogP contribution in [0.3, 0.4) is 0 Å². The second kappa shape index (κ2) is 9.38. The van der Waals surface area contributed by atoms with E-state index >= 15 is 0 Å². The Bertz CT molecular complexity index is 1110. The highest BCUT2D eigenvalue weighted by atomic mass is 16.1. The molecule has 7 nitrogen and oxygen atoms in total. The third-order valence-electron chi connectivity index (χ3n) is 6.79. The summed E-state index contributed by atoms with van der Waals surface area (Å²) in [6.07, 6.45) is 6.17. The predicted molar refractivity (Wildman–Crippen MR) is 127 cm³/mol. The quantitative estimate of drug-likeness (QED) is 0.617. The number of aryl methyl sites for hydroxylation is 1. The molecule has 32 heavy (non-hydrogen) atoms. The van der Waals surface area contributed by atoms with Gasteiger partial charge in [0.15, 0.2) is 0 Å². The summed E-state index contributed by atoms with van der Waals surface area (Å²) in [4.78, 5) is 29.3. The minimum Gasteiger partial charge on any atom is -0.354 e. The van der Waals surface area contributed by atoms with Crippen LogP contribution >= 0.6 is 0 Å². The van der Waals surface area contributed by atoms with E-state index in [0.717, 1.165) is 75.1 Å². The molecule has 0 spiro atoms. The Balaban J connectivity index is 1.17. The van der Waals surface area contributed by atoms with Crippen LogP contribution in [-0.2, 0) is 6.54 Å². The van der Waals surface area contributed by atoms with E-state index < -0.39 is 0 Å². The smallest absolute Gasteiger partial charge is 0.258 e. The number of anilines is 1. The second-order valence-electron chi connectivity index (χ2n) is 9.19. The van der Waals surface area contributed by atoms with E-state index in [2.05, 4.69) is 31.8 Å². The Kier molecular flexibility index (Phi) is 6.19. The third kappa shape index (κ3) is 4.69. The van der Waals surface area contributed by atoms with Crippen molar-refractivity contribution in [3.8, 4) is 0 Å². The van der Waals surface area contributed by atoms with Gasteiger partial charge in [0.05, 0.1) is 5.69 Å². The van der Waals surface area contributed by atoms with Crippen molar-refractivity contribution in [3.05, 3.63) is 70.4 Å². The van der Waals surface area contributed by atoms with Crippen molar-refractivity contribution in [1.82, 2.24) is 24.2 Å². The van der Waals surface area contributed by atoms with E-state index in [9.17, 15) is 4.79 Å². The van der Waals surface area contributed by atoms with Gasteiger partial charge in [-0.1, -0.05) is 12.1 Å². The van der Waals surface area contributed by atoms with Crippen LogP contribution in [0.4, 0.5) is 5.82 Å². The lowest BCUT2D eigenvalue weighted by Crippen LogP contribution is -2.49. The topological polar surface area (TPSA) is 57.0 Å². The average molecular weight is 433 g/mol. The largest absolute Gasteiger partial charge is 0.354 e. The van der Waals surface area contributed by atoms with Gasteiger partial charge in [-0.15, -0.1) is 0 Å². The number of likely N-dealkylation sites (tertiary alicyclic amines) is 1. The first-order valence-electron chi connectivity index (χ1n) is 11.7. The number of aromatic nitrogens is 3. The lowest BCUT2D eigenvalue weighted by molar-refractivity contribution is 0.124. The molecule has 2 aliphatic heterocycles. The molecule has 5 rings (SSSR count). The second-order valence-corrected chi connectivity index (χ2v) is 9.19. The zero-order valence-electron chi connectivity index (χ0n) is 18.9. The molecule has 0 radical (unpaired) electrons. The highest BCUT2D eigenvalue weighted by Gasteiger charge is 2.25. The molecule has 0 aromatic carbocycles. The molecule has 0 saturated carbocycles. The number of fused-ring (bicyclic) bond motifs is 1. The van der Waals surface area contributed by atoms with Crippen LogP contribution in [0.15, 0.2) is 53.6 Å². The molecule has 2 saturated heterocycles. The first-order chi connectivity index (χ1) is 15.7. The van der Waals surface area contributed by atoms with Gasteiger partial charge in [0.2, 0.25) is 0 Å². The Hall–Kier alpha value is -2.77. The molecule has 168 valence electrons. The molecule has 1 unspecified atom stereocenters. The normalized spacial score (nSPS) is 20.7. The summed E-state index contributed by atoms with van der Waals surface area (Å²) in [5.41, 5.74) is 2.70. The molecule has 1 atom stereocenters. The minimum absolute atomic E-state index is 0.00744. The summed E-state index contributed by atoms with van der Waals surface area (Å²) in [6.45, 7) is 10.3. The fraction of sp³-hybridized carbons (Fsp3) is 0.480. The zero-order chi connectivity index (χ0) is 21.9. The van der Waals surface area contributed by atoms with Gasteiger partial charge in [-0.3, -0.25) is 19.0 Å². The van der Waals surface area contributed by atoms with Gasteiger partial charge in [0, 0.05) is 64.3 Å². The Morgan fingerprint density at radius 3 is 2.72 bits per heavy atom.